The van der Waals surface area contributed by atoms with Crippen LogP contribution in [0.4, 0.5) is 0 Å². The van der Waals surface area contributed by atoms with Gasteiger partial charge in [-0.05, 0) is 25.7 Å². The molecule has 2 unspecified atom stereocenters. The molecule has 1 heterocycles. The lowest BCUT2D eigenvalue weighted by Gasteiger charge is -2.25. The third-order valence-electron chi connectivity index (χ3n) is 3.28. The molecular formula is C12H17NOS. The zero-order valence-corrected chi connectivity index (χ0v) is 10.1. The molecule has 1 saturated carbocycles. The molecule has 0 radical (unpaired) electrons. The highest BCUT2D eigenvalue weighted by Gasteiger charge is 2.27. The minimum Gasteiger partial charge on any atom is -0.293 e. The predicted octanol–water partition coefficient (Wildman–Crippen LogP) is 3.46. The third-order valence-corrected chi connectivity index (χ3v) is 4.22. The molecule has 2 nitrogen and oxygen atoms in total. The lowest BCUT2D eigenvalue weighted by molar-refractivity contribution is 0.0872. The highest BCUT2D eigenvalue weighted by Crippen LogP contribution is 2.32. The van der Waals surface area contributed by atoms with Crippen LogP contribution < -0.4 is 0 Å². The van der Waals surface area contributed by atoms with Crippen molar-refractivity contribution in [3.05, 3.63) is 16.1 Å². The summed E-state index contributed by atoms with van der Waals surface area (Å²) in [7, 11) is 0. The first-order valence-corrected chi connectivity index (χ1v) is 6.50. The Bertz CT molecular complexity index is 358. The Labute approximate surface area is 94.7 Å². The Balaban J connectivity index is 2.11. The van der Waals surface area contributed by atoms with Crippen LogP contribution in [0.1, 0.15) is 48.0 Å². The van der Waals surface area contributed by atoms with Crippen LogP contribution >= 0.6 is 11.3 Å². The van der Waals surface area contributed by atoms with E-state index in [2.05, 4.69) is 11.9 Å². The smallest absolute Gasteiger partial charge is 0.177 e. The Morgan fingerprint density at radius 3 is 2.93 bits per heavy atom. The summed E-state index contributed by atoms with van der Waals surface area (Å²) < 4.78 is 0. The lowest BCUT2D eigenvalue weighted by atomic mass is 9.80. The van der Waals surface area contributed by atoms with E-state index in [0.717, 1.165) is 23.4 Å². The van der Waals surface area contributed by atoms with Gasteiger partial charge in [0.1, 0.15) is 0 Å². The molecule has 0 amide bonds. The number of carbonyl (C=O) groups is 1. The summed E-state index contributed by atoms with van der Waals surface area (Å²) >= 11 is 1.49. The minimum atomic E-state index is 0.257. The zero-order valence-electron chi connectivity index (χ0n) is 9.32. The maximum Gasteiger partial charge on any atom is 0.177 e. The standard InChI is InChI=1S/C12H17NOS/c1-8-4-3-5-10(6-8)11(14)12-9(2)13-7-15-12/h7-8,10H,3-6H2,1-2H3. The van der Waals surface area contributed by atoms with Crippen molar-refractivity contribution in [1.82, 2.24) is 4.98 Å². The number of nitrogens with zero attached hydrogens (tertiary/aromatic N) is 1. The second-order valence-corrected chi connectivity index (χ2v) is 5.45. The van der Waals surface area contributed by atoms with Crippen molar-refractivity contribution >= 4 is 17.1 Å². The van der Waals surface area contributed by atoms with Crippen LogP contribution in [-0.4, -0.2) is 10.8 Å². The number of rotatable bonds is 2. The van der Waals surface area contributed by atoms with Gasteiger partial charge >= 0.3 is 0 Å². The van der Waals surface area contributed by atoms with E-state index < -0.39 is 0 Å². The maximum atomic E-state index is 12.2. The summed E-state index contributed by atoms with van der Waals surface area (Å²) in [6.45, 7) is 4.18. The topological polar surface area (TPSA) is 30.0 Å². The van der Waals surface area contributed by atoms with Gasteiger partial charge in [0.25, 0.3) is 0 Å². The molecule has 1 fully saturated rings. The largest absolute Gasteiger partial charge is 0.293 e. The molecule has 1 aliphatic rings. The Morgan fingerprint density at radius 1 is 1.53 bits per heavy atom. The summed E-state index contributed by atoms with van der Waals surface area (Å²) in [6, 6.07) is 0. The van der Waals surface area contributed by atoms with Crippen molar-refractivity contribution in [3.8, 4) is 0 Å². The van der Waals surface area contributed by atoms with Crippen LogP contribution in [0.15, 0.2) is 5.51 Å². The van der Waals surface area contributed by atoms with E-state index in [1.54, 1.807) is 5.51 Å². The average Bonchev–Trinajstić information content (AvgIpc) is 2.63. The fraction of sp³-hybridized carbons (Fsp3) is 0.667. The first-order chi connectivity index (χ1) is 7.18. The van der Waals surface area contributed by atoms with E-state index in [4.69, 9.17) is 0 Å². The second kappa shape index (κ2) is 4.44. The number of thiazole rings is 1. The fourth-order valence-corrected chi connectivity index (χ4v) is 3.22. The monoisotopic (exact) mass is 223 g/mol. The van der Waals surface area contributed by atoms with E-state index >= 15 is 0 Å². The molecule has 0 spiro atoms. The van der Waals surface area contributed by atoms with Crippen molar-refractivity contribution in [2.75, 3.05) is 0 Å². The normalized spacial score (nSPS) is 26.5. The van der Waals surface area contributed by atoms with Crippen LogP contribution in [0.2, 0.25) is 0 Å². The van der Waals surface area contributed by atoms with Gasteiger partial charge in [-0.1, -0.05) is 19.8 Å². The summed E-state index contributed by atoms with van der Waals surface area (Å²) in [4.78, 5) is 17.2. The van der Waals surface area contributed by atoms with Crippen LogP contribution in [-0.2, 0) is 0 Å². The van der Waals surface area contributed by atoms with Gasteiger partial charge in [-0.2, -0.15) is 0 Å². The molecule has 0 aliphatic heterocycles. The summed E-state index contributed by atoms with van der Waals surface area (Å²) in [6.07, 6.45) is 4.62. The average molecular weight is 223 g/mol. The molecule has 1 aromatic heterocycles. The first kappa shape index (κ1) is 10.8. The zero-order chi connectivity index (χ0) is 10.8. The minimum absolute atomic E-state index is 0.257. The van der Waals surface area contributed by atoms with Crippen molar-refractivity contribution in [3.63, 3.8) is 0 Å². The van der Waals surface area contributed by atoms with E-state index in [1.165, 1.54) is 24.2 Å². The van der Waals surface area contributed by atoms with Gasteiger partial charge in [0.15, 0.2) is 5.78 Å². The van der Waals surface area contributed by atoms with Gasteiger partial charge in [-0.3, -0.25) is 4.79 Å². The molecule has 82 valence electrons. The molecule has 1 aliphatic carbocycles. The molecule has 3 heteroatoms. The highest BCUT2D eigenvalue weighted by atomic mass is 32.1. The molecule has 0 bridgehead atoms. The van der Waals surface area contributed by atoms with Crippen molar-refractivity contribution in [1.29, 1.82) is 0 Å². The van der Waals surface area contributed by atoms with E-state index in [0.29, 0.717) is 11.7 Å². The van der Waals surface area contributed by atoms with Gasteiger partial charge in [0, 0.05) is 5.92 Å². The Morgan fingerprint density at radius 2 is 2.33 bits per heavy atom. The summed E-state index contributed by atoms with van der Waals surface area (Å²) in [5, 5.41) is 0. The molecule has 1 aromatic rings. The van der Waals surface area contributed by atoms with Crippen LogP contribution in [0, 0.1) is 18.8 Å². The van der Waals surface area contributed by atoms with Crippen LogP contribution in [0.25, 0.3) is 0 Å². The number of ketones is 1. The maximum absolute atomic E-state index is 12.2. The Kier molecular flexibility index (Phi) is 3.19. The third kappa shape index (κ3) is 2.28. The number of aromatic nitrogens is 1. The number of Topliss-reactive ketones (excluding diaryl/α,β-unsaturated/α-hetero) is 1. The first-order valence-electron chi connectivity index (χ1n) is 5.62. The molecule has 0 N–H and O–H groups in total. The number of hydrogen-bond donors (Lipinski definition) is 0. The number of carbonyl (C=O) groups excluding carboxylic acids is 1. The number of aryl methyl sites for hydroxylation is 1. The molecule has 0 aromatic carbocycles. The Hall–Kier alpha value is -0.700. The molecule has 2 rings (SSSR count). The van der Waals surface area contributed by atoms with Gasteiger partial charge in [0.2, 0.25) is 0 Å². The van der Waals surface area contributed by atoms with Gasteiger partial charge in [-0.25, -0.2) is 4.98 Å². The quantitative estimate of drug-likeness (QED) is 0.719. The van der Waals surface area contributed by atoms with Crippen molar-refractivity contribution in [2.45, 2.75) is 39.5 Å². The molecular weight excluding hydrogens is 206 g/mol. The molecule has 15 heavy (non-hydrogen) atoms. The van der Waals surface area contributed by atoms with E-state index in [1.807, 2.05) is 6.92 Å². The van der Waals surface area contributed by atoms with E-state index in [-0.39, 0.29) is 5.92 Å². The molecule has 0 saturated heterocycles. The highest BCUT2D eigenvalue weighted by molar-refractivity contribution is 7.11. The SMILES string of the molecule is Cc1ncsc1C(=O)C1CCCC(C)C1. The van der Waals surface area contributed by atoms with E-state index in [9.17, 15) is 4.79 Å². The predicted molar refractivity (Wildman–Crippen MR) is 62.3 cm³/mol. The second-order valence-electron chi connectivity index (χ2n) is 4.60. The van der Waals surface area contributed by atoms with Gasteiger partial charge in [0.05, 0.1) is 16.1 Å². The molecule has 2 atom stereocenters. The van der Waals surface area contributed by atoms with Crippen molar-refractivity contribution in [2.24, 2.45) is 11.8 Å². The van der Waals surface area contributed by atoms with Crippen molar-refractivity contribution < 1.29 is 4.79 Å². The van der Waals surface area contributed by atoms with Gasteiger partial charge < -0.3 is 0 Å². The number of hydrogen-bond acceptors (Lipinski definition) is 3. The fourth-order valence-electron chi connectivity index (χ4n) is 2.40. The summed E-state index contributed by atoms with van der Waals surface area (Å²) in [5.74, 6) is 1.30. The van der Waals surface area contributed by atoms with Gasteiger partial charge in [-0.15, -0.1) is 11.3 Å². The van der Waals surface area contributed by atoms with Crippen LogP contribution in [0.3, 0.4) is 0 Å². The van der Waals surface area contributed by atoms with Crippen LogP contribution in [0.5, 0.6) is 0 Å². The summed E-state index contributed by atoms with van der Waals surface area (Å²) in [5.41, 5.74) is 2.68. The lowest BCUT2D eigenvalue weighted by Crippen LogP contribution is -2.21.